The molecule has 0 unspecified atom stereocenters. The third kappa shape index (κ3) is 4.22. The van der Waals surface area contributed by atoms with E-state index in [0.29, 0.717) is 0 Å². The van der Waals surface area contributed by atoms with Crippen LogP contribution < -0.4 is 10.6 Å². The normalized spacial score (nSPS) is 10.9. The van der Waals surface area contributed by atoms with Gasteiger partial charge in [-0.25, -0.2) is 0 Å². The van der Waals surface area contributed by atoms with Gasteiger partial charge in [-0.1, -0.05) is 12.1 Å². The fraction of sp³-hybridized carbons (Fsp3) is 0.231. The molecule has 1 aromatic rings. The standard InChI is InChI=1S/C13H14BrN3O/c1-9(2)17-13(18)10(7-15)8-16-12-6-4-3-5-11(12)14/h3-6,8-9,16H,1-2H3,(H,17,18)/b10-8-. The molecular formula is C13H14BrN3O. The number of benzene rings is 1. The molecule has 0 fully saturated rings. The number of amides is 1. The summed E-state index contributed by atoms with van der Waals surface area (Å²) in [5.41, 5.74) is 0.835. The quantitative estimate of drug-likeness (QED) is 0.664. The Morgan fingerprint density at radius 1 is 1.44 bits per heavy atom. The van der Waals surface area contributed by atoms with Gasteiger partial charge in [-0.15, -0.1) is 0 Å². The number of rotatable bonds is 4. The van der Waals surface area contributed by atoms with Crippen LogP contribution in [0.2, 0.25) is 0 Å². The highest BCUT2D eigenvalue weighted by Gasteiger charge is 2.09. The first-order valence-electron chi connectivity index (χ1n) is 5.46. The summed E-state index contributed by atoms with van der Waals surface area (Å²) in [7, 11) is 0. The van der Waals surface area contributed by atoms with Gasteiger partial charge in [0.15, 0.2) is 0 Å². The first-order valence-corrected chi connectivity index (χ1v) is 6.26. The number of halogens is 1. The predicted molar refractivity (Wildman–Crippen MR) is 74.7 cm³/mol. The van der Waals surface area contributed by atoms with Gasteiger partial charge in [-0.3, -0.25) is 4.79 Å². The fourth-order valence-electron chi connectivity index (χ4n) is 1.22. The van der Waals surface area contributed by atoms with E-state index in [1.54, 1.807) is 0 Å². The zero-order valence-corrected chi connectivity index (χ0v) is 11.8. The first-order chi connectivity index (χ1) is 8.54. The Morgan fingerprint density at radius 3 is 2.67 bits per heavy atom. The second-order valence-electron chi connectivity index (χ2n) is 3.92. The summed E-state index contributed by atoms with van der Waals surface area (Å²) in [6, 6.07) is 9.33. The molecular weight excluding hydrogens is 294 g/mol. The van der Waals surface area contributed by atoms with Crippen LogP contribution in [-0.2, 0) is 4.79 Å². The fourth-order valence-corrected chi connectivity index (χ4v) is 1.62. The van der Waals surface area contributed by atoms with E-state index in [9.17, 15) is 4.79 Å². The van der Waals surface area contributed by atoms with Gasteiger partial charge in [0.1, 0.15) is 11.6 Å². The Balaban J connectivity index is 2.79. The van der Waals surface area contributed by atoms with Crippen LogP contribution in [0.5, 0.6) is 0 Å². The van der Waals surface area contributed by atoms with E-state index in [2.05, 4.69) is 26.6 Å². The smallest absolute Gasteiger partial charge is 0.263 e. The van der Waals surface area contributed by atoms with Gasteiger partial charge in [-0.05, 0) is 41.9 Å². The number of para-hydroxylation sites is 1. The van der Waals surface area contributed by atoms with Gasteiger partial charge in [0, 0.05) is 16.7 Å². The first kappa shape index (κ1) is 14.3. The summed E-state index contributed by atoms with van der Waals surface area (Å²) in [6.07, 6.45) is 1.40. The monoisotopic (exact) mass is 307 g/mol. The molecule has 2 N–H and O–H groups in total. The molecule has 0 aliphatic carbocycles. The number of nitriles is 1. The molecule has 0 aliphatic rings. The lowest BCUT2D eigenvalue weighted by molar-refractivity contribution is -0.117. The number of anilines is 1. The Hall–Kier alpha value is -1.80. The third-order valence-electron chi connectivity index (χ3n) is 2.03. The van der Waals surface area contributed by atoms with Crippen molar-refractivity contribution in [1.29, 1.82) is 5.26 Å². The third-order valence-corrected chi connectivity index (χ3v) is 2.72. The van der Waals surface area contributed by atoms with E-state index in [-0.39, 0.29) is 17.5 Å². The number of carbonyl (C=O) groups is 1. The average molecular weight is 308 g/mol. The highest BCUT2D eigenvalue weighted by Crippen LogP contribution is 2.21. The van der Waals surface area contributed by atoms with Crippen molar-refractivity contribution in [3.05, 3.63) is 40.5 Å². The molecule has 1 amide bonds. The Kier molecular flexibility index (Phi) is 5.40. The van der Waals surface area contributed by atoms with Crippen LogP contribution >= 0.6 is 15.9 Å². The van der Waals surface area contributed by atoms with Crippen LogP contribution in [0.1, 0.15) is 13.8 Å². The second kappa shape index (κ2) is 6.82. The van der Waals surface area contributed by atoms with Gasteiger partial charge in [0.05, 0.1) is 5.69 Å². The number of nitrogens with zero attached hydrogens (tertiary/aromatic N) is 1. The van der Waals surface area contributed by atoms with Crippen molar-refractivity contribution < 1.29 is 4.79 Å². The van der Waals surface area contributed by atoms with E-state index in [1.807, 2.05) is 44.2 Å². The van der Waals surface area contributed by atoms with E-state index in [1.165, 1.54) is 6.20 Å². The molecule has 0 bridgehead atoms. The zero-order chi connectivity index (χ0) is 13.5. The van der Waals surface area contributed by atoms with Crippen molar-refractivity contribution >= 4 is 27.5 Å². The van der Waals surface area contributed by atoms with Crippen LogP contribution in [0.4, 0.5) is 5.69 Å². The lowest BCUT2D eigenvalue weighted by Crippen LogP contribution is -2.31. The molecule has 5 heteroatoms. The van der Waals surface area contributed by atoms with Crippen LogP contribution in [0.25, 0.3) is 0 Å². The van der Waals surface area contributed by atoms with Crippen LogP contribution in [0, 0.1) is 11.3 Å². The summed E-state index contributed by atoms with van der Waals surface area (Å²) in [6.45, 7) is 3.68. The topological polar surface area (TPSA) is 64.9 Å². The van der Waals surface area contributed by atoms with Crippen molar-refractivity contribution in [3.8, 4) is 6.07 Å². The molecule has 1 rings (SSSR count). The number of carbonyl (C=O) groups excluding carboxylic acids is 1. The molecule has 0 saturated carbocycles. The Labute approximate surface area is 115 Å². The molecule has 0 spiro atoms. The molecule has 0 atom stereocenters. The Morgan fingerprint density at radius 2 is 2.11 bits per heavy atom. The molecule has 0 aliphatic heterocycles. The molecule has 0 radical (unpaired) electrons. The maximum Gasteiger partial charge on any atom is 0.263 e. The SMILES string of the molecule is CC(C)NC(=O)/C(C#N)=C\Nc1ccccc1Br. The number of nitrogens with one attached hydrogen (secondary N) is 2. The lowest BCUT2D eigenvalue weighted by Gasteiger charge is -2.08. The van der Waals surface area contributed by atoms with Gasteiger partial charge in [0.2, 0.25) is 0 Å². The summed E-state index contributed by atoms with van der Waals surface area (Å²) in [5.74, 6) is -0.382. The second-order valence-corrected chi connectivity index (χ2v) is 4.78. The number of hydrogen-bond acceptors (Lipinski definition) is 3. The highest BCUT2D eigenvalue weighted by molar-refractivity contribution is 9.10. The summed E-state index contributed by atoms with van der Waals surface area (Å²) in [4.78, 5) is 11.6. The molecule has 0 aromatic heterocycles. The van der Waals surface area contributed by atoms with Crippen LogP contribution in [0.3, 0.4) is 0 Å². The largest absolute Gasteiger partial charge is 0.359 e. The van der Waals surface area contributed by atoms with Gasteiger partial charge in [0.25, 0.3) is 5.91 Å². The van der Waals surface area contributed by atoms with E-state index >= 15 is 0 Å². The molecule has 1 aromatic carbocycles. The maximum absolute atomic E-state index is 11.6. The molecule has 0 heterocycles. The molecule has 0 saturated heterocycles. The van der Waals surface area contributed by atoms with E-state index in [4.69, 9.17) is 5.26 Å². The summed E-state index contributed by atoms with van der Waals surface area (Å²) >= 11 is 3.37. The van der Waals surface area contributed by atoms with Crippen LogP contribution in [-0.4, -0.2) is 11.9 Å². The average Bonchev–Trinajstić information content (AvgIpc) is 2.31. The van der Waals surface area contributed by atoms with Crippen molar-refractivity contribution in [1.82, 2.24) is 5.32 Å². The summed E-state index contributed by atoms with van der Waals surface area (Å²) < 4.78 is 0.864. The van der Waals surface area contributed by atoms with Gasteiger partial charge < -0.3 is 10.6 Å². The maximum atomic E-state index is 11.6. The highest BCUT2D eigenvalue weighted by atomic mass is 79.9. The van der Waals surface area contributed by atoms with E-state index < -0.39 is 0 Å². The molecule has 4 nitrogen and oxygen atoms in total. The van der Waals surface area contributed by atoms with Crippen molar-refractivity contribution in [3.63, 3.8) is 0 Å². The molecule has 94 valence electrons. The Bertz CT molecular complexity index is 503. The minimum atomic E-state index is -0.382. The van der Waals surface area contributed by atoms with Crippen LogP contribution in [0.15, 0.2) is 40.5 Å². The van der Waals surface area contributed by atoms with E-state index in [0.717, 1.165) is 10.2 Å². The summed E-state index contributed by atoms with van der Waals surface area (Å²) in [5, 5.41) is 14.5. The van der Waals surface area contributed by atoms with Crippen molar-refractivity contribution in [2.24, 2.45) is 0 Å². The number of hydrogen-bond donors (Lipinski definition) is 2. The van der Waals surface area contributed by atoms with Crippen molar-refractivity contribution in [2.45, 2.75) is 19.9 Å². The predicted octanol–water partition coefficient (Wildman–Crippen LogP) is 2.79. The lowest BCUT2D eigenvalue weighted by atomic mass is 10.2. The molecule has 18 heavy (non-hydrogen) atoms. The minimum Gasteiger partial charge on any atom is -0.359 e. The minimum absolute atomic E-state index is 0.00212. The van der Waals surface area contributed by atoms with Gasteiger partial charge >= 0.3 is 0 Å². The zero-order valence-electron chi connectivity index (χ0n) is 10.2. The van der Waals surface area contributed by atoms with Gasteiger partial charge in [-0.2, -0.15) is 5.26 Å². The van der Waals surface area contributed by atoms with Crippen molar-refractivity contribution in [2.75, 3.05) is 5.32 Å².